The predicted octanol–water partition coefficient (Wildman–Crippen LogP) is 13.4. The zero-order chi connectivity index (χ0) is 37.5. The van der Waals surface area contributed by atoms with Gasteiger partial charge in [-0.2, -0.15) is 0 Å². The Balaban J connectivity index is 1.10. The van der Waals surface area contributed by atoms with Crippen LogP contribution in [0.5, 0.6) is 0 Å². The lowest BCUT2D eigenvalue weighted by Crippen LogP contribution is -2.00. The molecule has 0 N–H and O–H groups in total. The van der Waals surface area contributed by atoms with E-state index in [1.807, 2.05) is 60.7 Å². The molecule has 6 heteroatoms. The number of rotatable bonds is 5. The first-order valence-electron chi connectivity index (χ1n) is 19.0. The highest BCUT2D eigenvalue weighted by molar-refractivity contribution is 6.25. The van der Waals surface area contributed by atoms with E-state index in [9.17, 15) is 0 Å². The van der Waals surface area contributed by atoms with Crippen LogP contribution in [0.2, 0.25) is 0 Å². The van der Waals surface area contributed by atoms with Gasteiger partial charge in [0.05, 0.1) is 22.0 Å². The molecule has 0 atom stereocenters. The Hall–Kier alpha value is -7.83. The van der Waals surface area contributed by atoms with E-state index >= 15 is 0 Å². The number of hydrogen-bond donors (Lipinski definition) is 0. The van der Waals surface area contributed by atoms with Gasteiger partial charge in [-0.15, -0.1) is 0 Å². The summed E-state index contributed by atoms with van der Waals surface area (Å²) < 4.78 is 15.5. The average molecular weight is 731 g/mol. The summed E-state index contributed by atoms with van der Waals surface area (Å²) in [5.41, 5.74) is 11.3. The lowest BCUT2D eigenvalue weighted by molar-refractivity contribution is 0.668. The molecule has 0 saturated heterocycles. The number of fused-ring (bicyclic) bond motifs is 10. The summed E-state index contributed by atoms with van der Waals surface area (Å²) >= 11 is 0. The van der Waals surface area contributed by atoms with Crippen molar-refractivity contribution >= 4 is 65.7 Å². The van der Waals surface area contributed by atoms with Crippen molar-refractivity contribution in [3.05, 3.63) is 182 Å². The van der Waals surface area contributed by atoms with Gasteiger partial charge in [0.1, 0.15) is 22.3 Å². The summed E-state index contributed by atoms with van der Waals surface area (Å²) in [7, 11) is 0. The molecule has 12 rings (SSSR count). The molecule has 0 aliphatic rings. The zero-order valence-electron chi connectivity index (χ0n) is 30.4. The Morgan fingerprint density at radius 3 is 1.88 bits per heavy atom. The highest BCUT2D eigenvalue weighted by Gasteiger charge is 2.23. The van der Waals surface area contributed by atoms with Gasteiger partial charge in [0.15, 0.2) is 17.5 Å². The van der Waals surface area contributed by atoms with E-state index in [4.69, 9.17) is 23.8 Å². The summed E-state index contributed by atoms with van der Waals surface area (Å²) in [6, 6.07) is 62.7. The lowest BCUT2D eigenvalue weighted by Gasteiger charge is -2.11. The third-order valence-corrected chi connectivity index (χ3v) is 11.1. The summed E-state index contributed by atoms with van der Waals surface area (Å²) in [5, 5.41) is 6.50. The number of furan rings is 2. The molecule has 266 valence electrons. The minimum atomic E-state index is 0.528. The van der Waals surface area contributed by atoms with E-state index in [2.05, 4.69) is 126 Å². The first-order chi connectivity index (χ1) is 28.2. The van der Waals surface area contributed by atoms with Crippen molar-refractivity contribution in [2.24, 2.45) is 0 Å². The summed E-state index contributed by atoms with van der Waals surface area (Å²) in [6.07, 6.45) is 0. The van der Waals surface area contributed by atoms with Gasteiger partial charge in [-0.3, -0.25) is 0 Å². The molecule has 0 unspecified atom stereocenters. The van der Waals surface area contributed by atoms with E-state index in [1.165, 1.54) is 10.9 Å². The van der Waals surface area contributed by atoms with Crippen molar-refractivity contribution in [2.75, 3.05) is 0 Å². The fraction of sp³-hybridized carbons (Fsp3) is 0. The number of hydrogen-bond acceptors (Lipinski definition) is 5. The number of nitrogens with zero attached hydrogens (tertiary/aromatic N) is 4. The fourth-order valence-corrected chi connectivity index (χ4v) is 8.44. The van der Waals surface area contributed by atoms with Crippen molar-refractivity contribution in [3.8, 4) is 51.0 Å². The lowest BCUT2D eigenvalue weighted by atomic mass is 10.0. The molecule has 4 heterocycles. The molecule has 0 radical (unpaired) electrons. The molecule has 12 aromatic rings. The van der Waals surface area contributed by atoms with Crippen molar-refractivity contribution in [1.29, 1.82) is 0 Å². The quantitative estimate of drug-likeness (QED) is 0.176. The second-order valence-corrected chi connectivity index (χ2v) is 14.4. The summed E-state index contributed by atoms with van der Waals surface area (Å²) in [4.78, 5) is 15.3. The number of benzene rings is 8. The van der Waals surface area contributed by atoms with Gasteiger partial charge in [-0.25, -0.2) is 15.0 Å². The molecule has 0 aliphatic heterocycles. The maximum Gasteiger partial charge on any atom is 0.167 e. The van der Waals surface area contributed by atoms with Gasteiger partial charge in [0, 0.05) is 43.7 Å². The van der Waals surface area contributed by atoms with Gasteiger partial charge in [0.2, 0.25) is 0 Å². The second kappa shape index (κ2) is 12.3. The molecule has 0 aliphatic carbocycles. The fourth-order valence-electron chi connectivity index (χ4n) is 8.44. The van der Waals surface area contributed by atoms with Crippen molar-refractivity contribution < 1.29 is 8.83 Å². The molecular weight excluding hydrogens is 701 g/mol. The Bertz CT molecular complexity index is 3530. The molecule has 8 aromatic carbocycles. The minimum Gasteiger partial charge on any atom is -0.456 e. The van der Waals surface area contributed by atoms with Crippen molar-refractivity contribution in [3.63, 3.8) is 0 Å². The first kappa shape index (κ1) is 31.5. The highest BCUT2D eigenvalue weighted by Crippen LogP contribution is 2.43. The molecule has 0 bridgehead atoms. The maximum atomic E-state index is 6.88. The van der Waals surface area contributed by atoms with Crippen LogP contribution in [0.25, 0.3) is 117 Å². The molecule has 0 spiro atoms. The van der Waals surface area contributed by atoms with Gasteiger partial charge >= 0.3 is 0 Å². The van der Waals surface area contributed by atoms with Crippen LogP contribution in [-0.2, 0) is 0 Å². The average Bonchev–Trinajstić information content (AvgIpc) is 3.96. The summed E-state index contributed by atoms with van der Waals surface area (Å²) in [6.45, 7) is 0. The smallest absolute Gasteiger partial charge is 0.167 e. The van der Waals surface area contributed by atoms with E-state index in [1.54, 1.807) is 0 Å². The third-order valence-electron chi connectivity index (χ3n) is 11.1. The van der Waals surface area contributed by atoms with Crippen molar-refractivity contribution in [2.45, 2.75) is 0 Å². The SMILES string of the molecule is c1ccc(-c2cccc(-n3c4ccccc4c4ccc5oc6c(-c7nc(-c8ccccc8)nc(-c8ccc9c(c8)oc8ccccc89)n7)cccc6c5c43)c2)cc1. The molecular formula is C51H30N4O2. The molecule has 6 nitrogen and oxygen atoms in total. The van der Waals surface area contributed by atoms with E-state index in [-0.39, 0.29) is 0 Å². The number of aromatic nitrogens is 4. The standard InChI is InChI=1S/C51H30N4O2/c1-3-13-31(14-4-1)33-17-11-18-35(29-33)55-42-23-9-7-19-36(42)39-27-28-44-46(47(39)55)40-21-12-22-41(48(40)57-44)51-53-49(32-15-5-2-6-16-32)52-50(54-51)34-25-26-38-37-20-8-10-24-43(37)56-45(38)30-34/h1-30H. The molecule has 57 heavy (non-hydrogen) atoms. The zero-order valence-corrected chi connectivity index (χ0v) is 30.4. The monoisotopic (exact) mass is 730 g/mol. The topological polar surface area (TPSA) is 69.9 Å². The van der Waals surface area contributed by atoms with Crippen LogP contribution in [0, 0.1) is 0 Å². The third kappa shape index (κ3) is 4.94. The molecule has 0 saturated carbocycles. The van der Waals surface area contributed by atoms with E-state index in [0.717, 1.165) is 88.2 Å². The van der Waals surface area contributed by atoms with E-state index < -0.39 is 0 Å². The van der Waals surface area contributed by atoms with Crippen LogP contribution in [0.4, 0.5) is 0 Å². The van der Waals surface area contributed by atoms with Gasteiger partial charge in [-0.1, -0.05) is 127 Å². The van der Waals surface area contributed by atoms with Crippen LogP contribution in [0.1, 0.15) is 0 Å². The minimum absolute atomic E-state index is 0.528. The first-order valence-corrected chi connectivity index (χ1v) is 19.0. The summed E-state index contributed by atoms with van der Waals surface area (Å²) in [5.74, 6) is 1.66. The van der Waals surface area contributed by atoms with Crippen LogP contribution >= 0.6 is 0 Å². The van der Waals surface area contributed by atoms with Crippen LogP contribution in [0.15, 0.2) is 191 Å². The highest BCUT2D eigenvalue weighted by atomic mass is 16.3. The van der Waals surface area contributed by atoms with E-state index in [0.29, 0.717) is 17.5 Å². The Kier molecular flexibility index (Phi) is 6.83. The largest absolute Gasteiger partial charge is 0.456 e. The van der Waals surface area contributed by atoms with Gasteiger partial charge in [0.25, 0.3) is 0 Å². The Labute approximate surface area is 325 Å². The van der Waals surface area contributed by atoms with Crippen molar-refractivity contribution in [1.82, 2.24) is 19.5 Å². The van der Waals surface area contributed by atoms with Gasteiger partial charge < -0.3 is 13.4 Å². The van der Waals surface area contributed by atoms with Gasteiger partial charge in [-0.05, 0) is 65.7 Å². The molecule has 4 aromatic heterocycles. The Morgan fingerprint density at radius 1 is 0.368 bits per heavy atom. The maximum absolute atomic E-state index is 6.88. The van der Waals surface area contributed by atoms with Crippen LogP contribution < -0.4 is 0 Å². The Morgan fingerprint density at radius 2 is 1.02 bits per heavy atom. The second-order valence-electron chi connectivity index (χ2n) is 14.4. The van der Waals surface area contributed by atoms with Crippen LogP contribution in [0.3, 0.4) is 0 Å². The number of para-hydroxylation sites is 3. The molecule has 0 fully saturated rings. The normalized spacial score (nSPS) is 11.9. The predicted molar refractivity (Wildman–Crippen MR) is 230 cm³/mol. The van der Waals surface area contributed by atoms with Crippen LogP contribution in [-0.4, -0.2) is 19.5 Å². The molecule has 0 amide bonds.